The first kappa shape index (κ1) is 11.0. The van der Waals surface area contributed by atoms with Gasteiger partial charge in [-0.3, -0.25) is 4.79 Å². The molecular formula is C11H16F2O2. The first-order chi connectivity index (χ1) is 7.07. The van der Waals surface area contributed by atoms with Crippen LogP contribution in [0.3, 0.4) is 0 Å². The van der Waals surface area contributed by atoms with Gasteiger partial charge in [0, 0.05) is 38.4 Å². The smallest absolute Gasteiger partial charge is 0.249 e. The molecule has 0 aromatic heterocycles. The summed E-state index contributed by atoms with van der Waals surface area (Å²) in [6.07, 6.45) is 1.82. The largest absolute Gasteiger partial charge is 0.381 e. The summed E-state index contributed by atoms with van der Waals surface area (Å²) in [6, 6.07) is 0. The maximum Gasteiger partial charge on any atom is 0.249 e. The second-order valence-corrected chi connectivity index (χ2v) is 4.69. The van der Waals surface area contributed by atoms with Gasteiger partial charge in [0.2, 0.25) is 5.92 Å². The second-order valence-electron chi connectivity index (χ2n) is 4.69. The molecule has 2 rings (SSSR count). The highest BCUT2D eigenvalue weighted by Crippen LogP contribution is 2.43. The molecule has 1 saturated heterocycles. The van der Waals surface area contributed by atoms with E-state index in [0.717, 1.165) is 12.8 Å². The quantitative estimate of drug-likeness (QED) is 0.727. The zero-order valence-corrected chi connectivity index (χ0v) is 8.68. The van der Waals surface area contributed by atoms with Crippen molar-refractivity contribution in [3.05, 3.63) is 0 Å². The van der Waals surface area contributed by atoms with E-state index in [1.165, 1.54) is 0 Å². The van der Waals surface area contributed by atoms with Gasteiger partial charge in [0.1, 0.15) is 5.78 Å². The van der Waals surface area contributed by atoms with E-state index in [1.54, 1.807) is 0 Å². The van der Waals surface area contributed by atoms with E-state index in [4.69, 9.17) is 4.74 Å². The number of ketones is 1. The van der Waals surface area contributed by atoms with Gasteiger partial charge in [0.15, 0.2) is 0 Å². The van der Waals surface area contributed by atoms with Crippen LogP contribution in [0.5, 0.6) is 0 Å². The van der Waals surface area contributed by atoms with Gasteiger partial charge in [0.05, 0.1) is 0 Å². The normalized spacial score (nSPS) is 27.3. The molecule has 1 aliphatic carbocycles. The highest BCUT2D eigenvalue weighted by atomic mass is 19.3. The topological polar surface area (TPSA) is 26.3 Å². The minimum atomic E-state index is -2.57. The molecule has 2 aliphatic rings. The van der Waals surface area contributed by atoms with Crippen LogP contribution in [0.4, 0.5) is 8.78 Å². The monoisotopic (exact) mass is 218 g/mol. The van der Waals surface area contributed by atoms with Crippen molar-refractivity contribution in [1.82, 2.24) is 0 Å². The Balaban J connectivity index is 1.73. The van der Waals surface area contributed by atoms with Crippen molar-refractivity contribution >= 4 is 5.78 Å². The lowest BCUT2D eigenvalue weighted by Crippen LogP contribution is -2.40. The van der Waals surface area contributed by atoms with Crippen LogP contribution in [0.1, 0.15) is 32.1 Å². The molecule has 15 heavy (non-hydrogen) atoms. The van der Waals surface area contributed by atoms with Crippen LogP contribution in [-0.2, 0) is 9.53 Å². The van der Waals surface area contributed by atoms with Gasteiger partial charge in [-0.1, -0.05) is 0 Å². The minimum absolute atomic E-state index is 0.0350. The molecule has 0 unspecified atom stereocenters. The van der Waals surface area contributed by atoms with Crippen LogP contribution in [0.2, 0.25) is 0 Å². The van der Waals surface area contributed by atoms with Crippen molar-refractivity contribution in [2.75, 3.05) is 13.2 Å². The maximum absolute atomic E-state index is 12.6. The van der Waals surface area contributed by atoms with E-state index in [9.17, 15) is 13.6 Å². The van der Waals surface area contributed by atoms with Crippen molar-refractivity contribution < 1.29 is 18.3 Å². The lowest BCUT2D eigenvalue weighted by molar-refractivity contribution is -0.149. The van der Waals surface area contributed by atoms with Gasteiger partial charge in [0.25, 0.3) is 0 Å². The fourth-order valence-electron chi connectivity index (χ4n) is 2.29. The fourth-order valence-corrected chi connectivity index (χ4v) is 2.29. The number of halogens is 2. The van der Waals surface area contributed by atoms with Crippen molar-refractivity contribution in [1.29, 1.82) is 0 Å². The van der Waals surface area contributed by atoms with E-state index in [0.29, 0.717) is 25.6 Å². The minimum Gasteiger partial charge on any atom is -0.381 e. The number of hydrogen-bond donors (Lipinski definition) is 0. The number of hydrogen-bond acceptors (Lipinski definition) is 2. The number of carbonyl (C=O) groups excluding carboxylic acids is 1. The molecule has 0 aromatic carbocycles. The van der Waals surface area contributed by atoms with Gasteiger partial charge in [-0.15, -0.1) is 0 Å². The zero-order chi connectivity index (χ0) is 10.9. The fraction of sp³-hybridized carbons (Fsp3) is 0.909. The molecule has 1 heterocycles. The van der Waals surface area contributed by atoms with Crippen LogP contribution in [0.25, 0.3) is 0 Å². The SMILES string of the molecule is O=C(CC1CCOCC1)C1CC(F)(F)C1. The Morgan fingerprint density at radius 2 is 1.87 bits per heavy atom. The van der Waals surface area contributed by atoms with Gasteiger partial charge in [-0.05, 0) is 18.8 Å². The first-order valence-corrected chi connectivity index (χ1v) is 5.55. The van der Waals surface area contributed by atoms with Gasteiger partial charge < -0.3 is 4.74 Å². The van der Waals surface area contributed by atoms with Crippen molar-refractivity contribution in [2.45, 2.75) is 38.0 Å². The third kappa shape index (κ3) is 2.74. The maximum atomic E-state index is 12.6. The number of ether oxygens (including phenoxy) is 1. The van der Waals surface area contributed by atoms with Crippen LogP contribution in [0, 0.1) is 11.8 Å². The van der Waals surface area contributed by atoms with Crippen LogP contribution in [-0.4, -0.2) is 24.9 Å². The van der Waals surface area contributed by atoms with E-state index in [-0.39, 0.29) is 24.5 Å². The highest BCUT2D eigenvalue weighted by molar-refractivity contribution is 5.82. The predicted molar refractivity (Wildman–Crippen MR) is 50.8 cm³/mol. The molecular weight excluding hydrogens is 202 g/mol. The molecule has 0 radical (unpaired) electrons. The molecule has 0 aromatic rings. The summed E-state index contributed by atoms with van der Waals surface area (Å²) in [4.78, 5) is 11.6. The first-order valence-electron chi connectivity index (χ1n) is 5.55. The Labute approximate surface area is 88.0 Å². The highest BCUT2D eigenvalue weighted by Gasteiger charge is 2.48. The third-order valence-electron chi connectivity index (χ3n) is 3.38. The summed E-state index contributed by atoms with van der Waals surface area (Å²) in [5.74, 6) is -2.55. The zero-order valence-electron chi connectivity index (χ0n) is 8.68. The summed E-state index contributed by atoms with van der Waals surface area (Å²) < 4.78 is 30.3. The van der Waals surface area contributed by atoms with E-state index in [1.807, 2.05) is 0 Å². The second kappa shape index (κ2) is 4.16. The number of rotatable bonds is 3. The molecule has 86 valence electrons. The summed E-state index contributed by atoms with van der Waals surface area (Å²) in [5, 5.41) is 0. The Bertz CT molecular complexity index is 239. The summed E-state index contributed by atoms with van der Waals surface area (Å²) in [7, 11) is 0. The number of Topliss-reactive ketones (excluding diaryl/α,β-unsaturated/α-hetero) is 1. The lowest BCUT2D eigenvalue weighted by Gasteiger charge is -2.34. The van der Waals surface area contributed by atoms with E-state index >= 15 is 0 Å². The Kier molecular flexibility index (Phi) is 3.05. The molecule has 0 N–H and O–H groups in total. The molecule has 0 bridgehead atoms. The van der Waals surface area contributed by atoms with Crippen LogP contribution in [0.15, 0.2) is 0 Å². The Morgan fingerprint density at radius 3 is 2.40 bits per heavy atom. The molecule has 0 amide bonds. The van der Waals surface area contributed by atoms with E-state index < -0.39 is 5.92 Å². The van der Waals surface area contributed by atoms with Crippen molar-refractivity contribution in [3.63, 3.8) is 0 Å². The Hall–Kier alpha value is -0.510. The molecule has 1 saturated carbocycles. The molecule has 2 fully saturated rings. The summed E-state index contributed by atoms with van der Waals surface area (Å²) >= 11 is 0. The summed E-state index contributed by atoms with van der Waals surface area (Å²) in [5.41, 5.74) is 0. The number of alkyl halides is 2. The number of carbonyl (C=O) groups is 1. The molecule has 1 aliphatic heterocycles. The van der Waals surface area contributed by atoms with Gasteiger partial charge in [-0.2, -0.15) is 0 Å². The summed E-state index contributed by atoms with van der Waals surface area (Å²) in [6.45, 7) is 1.41. The average Bonchev–Trinajstić information content (AvgIpc) is 2.15. The molecule has 4 heteroatoms. The standard InChI is InChI=1S/C11H16F2O2/c12-11(13)6-9(7-11)10(14)5-8-1-3-15-4-2-8/h8-9H,1-7H2. The van der Waals surface area contributed by atoms with Crippen molar-refractivity contribution in [2.24, 2.45) is 11.8 Å². The predicted octanol–water partition coefficient (Wildman–Crippen LogP) is 2.42. The van der Waals surface area contributed by atoms with E-state index in [2.05, 4.69) is 0 Å². The third-order valence-corrected chi connectivity index (χ3v) is 3.38. The van der Waals surface area contributed by atoms with Gasteiger partial charge >= 0.3 is 0 Å². The van der Waals surface area contributed by atoms with Crippen LogP contribution < -0.4 is 0 Å². The molecule has 2 nitrogen and oxygen atoms in total. The van der Waals surface area contributed by atoms with Crippen molar-refractivity contribution in [3.8, 4) is 0 Å². The van der Waals surface area contributed by atoms with Crippen LogP contribution >= 0.6 is 0 Å². The Morgan fingerprint density at radius 1 is 1.27 bits per heavy atom. The molecule has 0 atom stereocenters. The van der Waals surface area contributed by atoms with Gasteiger partial charge in [-0.25, -0.2) is 8.78 Å². The molecule has 0 spiro atoms. The average molecular weight is 218 g/mol. The lowest BCUT2D eigenvalue weighted by atomic mass is 9.75.